The summed E-state index contributed by atoms with van der Waals surface area (Å²) < 4.78 is 26.1. The maximum atomic E-state index is 13.3. The second-order valence-electron chi connectivity index (χ2n) is 9.22. The van der Waals surface area contributed by atoms with Gasteiger partial charge in [-0.15, -0.1) is 0 Å². The highest BCUT2D eigenvalue weighted by atomic mass is 32.2. The quantitative estimate of drug-likeness (QED) is 0.621. The molecular weight excluding hydrogens is 452 g/mol. The molecule has 34 heavy (non-hydrogen) atoms. The largest absolute Gasteiger partial charge is 0.312 e. The minimum absolute atomic E-state index is 0.0951. The van der Waals surface area contributed by atoms with E-state index in [1.165, 1.54) is 0 Å². The standard InChI is InChI=1S/C25H26N4O4S/c1-15-5-4-6-20(9-15)29-24(21-13-34(32,33)14-22(21)27-29)26-25(31)18-11-23(30)28(12-18)19-8-7-16(2)17(3)10-19/h4-10,18H,11-14H2,1-3H3,(H,26,31). The Hall–Kier alpha value is -3.46. The molecule has 5 rings (SSSR count). The van der Waals surface area contributed by atoms with E-state index in [-0.39, 0.29) is 36.3 Å². The Morgan fingerprint density at radius 1 is 1.03 bits per heavy atom. The Labute approximate surface area is 198 Å². The lowest BCUT2D eigenvalue weighted by Crippen LogP contribution is -2.29. The van der Waals surface area contributed by atoms with Gasteiger partial charge < -0.3 is 10.2 Å². The fourth-order valence-electron chi connectivity index (χ4n) is 4.56. The molecule has 1 saturated heterocycles. The highest BCUT2D eigenvalue weighted by Gasteiger charge is 2.38. The third-order valence-corrected chi connectivity index (χ3v) is 8.02. The number of anilines is 2. The summed E-state index contributed by atoms with van der Waals surface area (Å²) in [7, 11) is -3.30. The van der Waals surface area contributed by atoms with E-state index in [0.29, 0.717) is 17.1 Å². The average Bonchev–Trinajstić information content (AvgIpc) is 3.40. The predicted octanol–water partition coefficient (Wildman–Crippen LogP) is 3.22. The van der Waals surface area contributed by atoms with Crippen LogP contribution in [-0.4, -0.2) is 36.6 Å². The van der Waals surface area contributed by atoms with Crippen LogP contribution < -0.4 is 10.2 Å². The van der Waals surface area contributed by atoms with Crippen LogP contribution in [-0.2, 0) is 30.9 Å². The molecule has 3 aromatic rings. The monoisotopic (exact) mass is 478 g/mol. The molecule has 1 N–H and O–H groups in total. The first-order chi connectivity index (χ1) is 16.1. The number of nitrogens with one attached hydrogen (secondary N) is 1. The van der Waals surface area contributed by atoms with Gasteiger partial charge in [0.2, 0.25) is 11.8 Å². The molecular formula is C25H26N4O4S. The van der Waals surface area contributed by atoms with E-state index in [9.17, 15) is 18.0 Å². The topological polar surface area (TPSA) is 101 Å². The van der Waals surface area contributed by atoms with Crippen molar-refractivity contribution in [1.82, 2.24) is 9.78 Å². The number of aromatic nitrogens is 2. The molecule has 2 aliphatic heterocycles. The lowest BCUT2D eigenvalue weighted by atomic mass is 10.1. The molecule has 0 radical (unpaired) electrons. The SMILES string of the molecule is Cc1cccc(-n2nc3c(c2NC(=O)C2CC(=O)N(c4ccc(C)c(C)c4)C2)CS(=O)(=O)C3)c1. The summed E-state index contributed by atoms with van der Waals surface area (Å²) in [4.78, 5) is 27.7. The van der Waals surface area contributed by atoms with E-state index in [4.69, 9.17) is 0 Å². The maximum absolute atomic E-state index is 13.3. The van der Waals surface area contributed by atoms with Crippen molar-refractivity contribution in [3.8, 4) is 5.69 Å². The number of carbonyl (C=O) groups is 2. The Bertz CT molecular complexity index is 1440. The van der Waals surface area contributed by atoms with E-state index in [1.54, 1.807) is 9.58 Å². The molecule has 2 aromatic carbocycles. The van der Waals surface area contributed by atoms with Gasteiger partial charge in [-0.3, -0.25) is 9.59 Å². The third-order valence-electron chi connectivity index (χ3n) is 6.57. The first kappa shape index (κ1) is 22.3. The molecule has 176 valence electrons. The Balaban J connectivity index is 1.43. The van der Waals surface area contributed by atoms with Gasteiger partial charge in [0.05, 0.1) is 28.8 Å². The Kier molecular flexibility index (Phi) is 5.31. The van der Waals surface area contributed by atoms with Crippen LogP contribution in [0.5, 0.6) is 0 Å². The van der Waals surface area contributed by atoms with Crippen molar-refractivity contribution in [1.29, 1.82) is 0 Å². The van der Waals surface area contributed by atoms with Gasteiger partial charge in [0, 0.05) is 24.2 Å². The molecule has 1 atom stereocenters. The van der Waals surface area contributed by atoms with Crippen LogP contribution in [0.15, 0.2) is 42.5 Å². The van der Waals surface area contributed by atoms with Crippen molar-refractivity contribution in [2.45, 2.75) is 38.7 Å². The zero-order chi connectivity index (χ0) is 24.2. The fraction of sp³-hybridized carbons (Fsp3) is 0.320. The van der Waals surface area contributed by atoms with Crippen LogP contribution in [0.3, 0.4) is 0 Å². The molecule has 0 bridgehead atoms. The van der Waals surface area contributed by atoms with Gasteiger partial charge in [-0.1, -0.05) is 18.2 Å². The molecule has 0 saturated carbocycles. The molecule has 8 nitrogen and oxygen atoms in total. The number of aryl methyl sites for hydroxylation is 3. The van der Waals surface area contributed by atoms with Gasteiger partial charge in [0.25, 0.3) is 0 Å². The summed E-state index contributed by atoms with van der Waals surface area (Å²) in [6, 6.07) is 13.4. The zero-order valence-electron chi connectivity index (χ0n) is 19.3. The summed E-state index contributed by atoms with van der Waals surface area (Å²) in [5, 5.41) is 7.44. The van der Waals surface area contributed by atoms with Gasteiger partial charge in [-0.2, -0.15) is 5.10 Å². The van der Waals surface area contributed by atoms with Crippen LogP contribution in [0.2, 0.25) is 0 Å². The number of nitrogens with zero attached hydrogens (tertiary/aromatic N) is 3. The van der Waals surface area contributed by atoms with Crippen molar-refractivity contribution < 1.29 is 18.0 Å². The summed E-state index contributed by atoms with van der Waals surface area (Å²) in [6.45, 7) is 6.23. The summed E-state index contributed by atoms with van der Waals surface area (Å²) in [6.07, 6.45) is 0.0951. The van der Waals surface area contributed by atoms with Crippen molar-refractivity contribution >= 4 is 33.2 Å². The smallest absolute Gasteiger partial charge is 0.230 e. The van der Waals surface area contributed by atoms with Crippen LogP contribution in [0.1, 0.15) is 34.4 Å². The lowest BCUT2D eigenvalue weighted by Gasteiger charge is -2.18. The second kappa shape index (κ2) is 8.09. The number of hydrogen-bond donors (Lipinski definition) is 1. The number of benzene rings is 2. The Morgan fingerprint density at radius 2 is 1.82 bits per heavy atom. The predicted molar refractivity (Wildman–Crippen MR) is 130 cm³/mol. The van der Waals surface area contributed by atoms with Gasteiger partial charge in [-0.25, -0.2) is 13.1 Å². The molecule has 9 heteroatoms. The number of fused-ring (bicyclic) bond motifs is 1. The molecule has 1 fully saturated rings. The third kappa shape index (κ3) is 4.00. The maximum Gasteiger partial charge on any atom is 0.230 e. The number of amides is 2. The van der Waals surface area contributed by atoms with Gasteiger partial charge in [-0.05, 0) is 61.7 Å². The fourth-order valence-corrected chi connectivity index (χ4v) is 6.06. The molecule has 1 aromatic heterocycles. The summed E-state index contributed by atoms with van der Waals surface area (Å²) in [5.41, 5.74) is 5.72. The number of hydrogen-bond acceptors (Lipinski definition) is 5. The van der Waals surface area contributed by atoms with E-state index >= 15 is 0 Å². The molecule has 2 amide bonds. The van der Waals surface area contributed by atoms with Crippen molar-refractivity contribution in [3.05, 3.63) is 70.4 Å². The highest BCUT2D eigenvalue weighted by Crippen LogP contribution is 2.34. The molecule has 2 aliphatic rings. The average molecular weight is 479 g/mol. The minimum atomic E-state index is -3.30. The molecule has 1 unspecified atom stereocenters. The van der Waals surface area contributed by atoms with E-state index in [1.807, 2.05) is 63.2 Å². The molecule has 0 spiro atoms. The summed E-state index contributed by atoms with van der Waals surface area (Å²) >= 11 is 0. The zero-order valence-corrected chi connectivity index (χ0v) is 20.1. The van der Waals surface area contributed by atoms with Crippen molar-refractivity contribution in [2.75, 3.05) is 16.8 Å². The first-order valence-corrected chi connectivity index (χ1v) is 13.0. The van der Waals surface area contributed by atoms with E-state index in [0.717, 1.165) is 28.1 Å². The lowest BCUT2D eigenvalue weighted by molar-refractivity contribution is -0.122. The first-order valence-electron chi connectivity index (χ1n) is 11.2. The van der Waals surface area contributed by atoms with Crippen LogP contribution in [0, 0.1) is 26.7 Å². The number of rotatable bonds is 4. The van der Waals surface area contributed by atoms with E-state index < -0.39 is 15.8 Å². The summed E-state index contributed by atoms with van der Waals surface area (Å²) in [5.74, 6) is -0.925. The normalized spacial score (nSPS) is 18.9. The second-order valence-corrected chi connectivity index (χ2v) is 11.3. The van der Waals surface area contributed by atoms with E-state index in [2.05, 4.69) is 10.4 Å². The Morgan fingerprint density at radius 3 is 2.56 bits per heavy atom. The van der Waals surface area contributed by atoms with Gasteiger partial charge in [0.15, 0.2) is 9.84 Å². The molecule has 0 aliphatic carbocycles. The van der Waals surface area contributed by atoms with Gasteiger partial charge >= 0.3 is 0 Å². The van der Waals surface area contributed by atoms with Gasteiger partial charge in [0.1, 0.15) is 5.82 Å². The van der Waals surface area contributed by atoms with Crippen molar-refractivity contribution in [3.63, 3.8) is 0 Å². The minimum Gasteiger partial charge on any atom is -0.312 e. The van der Waals surface area contributed by atoms with Crippen LogP contribution in [0.4, 0.5) is 11.5 Å². The van der Waals surface area contributed by atoms with Crippen molar-refractivity contribution in [2.24, 2.45) is 5.92 Å². The number of sulfone groups is 1. The van der Waals surface area contributed by atoms with Crippen LogP contribution >= 0.6 is 0 Å². The van der Waals surface area contributed by atoms with Crippen LogP contribution in [0.25, 0.3) is 5.69 Å². The molecule has 3 heterocycles. The number of carbonyl (C=O) groups excluding carboxylic acids is 2. The highest BCUT2D eigenvalue weighted by molar-refractivity contribution is 7.90.